The van der Waals surface area contributed by atoms with Crippen LogP contribution in [0.1, 0.15) is 17.2 Å². The van der Waals surface area contributed by atoms with Crippen molar-refractivity contribution < 1.29 is 14.6 Å². The van der Waals surface area contributed by atoms with Crippen LogP contribution in [0.3, 0.4) is 0 Å². The molecular weight excluding hydrogens is 382 g/mol. The SMILES string of the molecule is OC1C(c2ccccc2)=C(CN2CCOCC2)Oc2ccc(Br)cc21. The van der Waals surface area contributed by atoms with Crippen LogP contribution >= 0.6 is 15.9 Å². The summed E-state index contributed by atoms with van der Waals surface area (Å²) in [6.07, 6.45) is -0.709. The van der Waals surface area contributed by atoms with Gasteiger partial charge in [-0.25, -0.2) is 0 Å². The number of nitrogens with zero attached hydrogens (tertiary/aromatic N) is 1. The predicted octanol–water partition coefficient (Wildman–Crippen LogP) is 3.62. The summed E-state index contributed by atoms with van der Waals surface area (Å²) in [4.78, 5) is 2.30. The number of fused-ring (bicyclic) bond motifs is 1. The number of ether oxygens (including phenoxy) is 2. The van der Waals surface area contributed by atoms with E-state index in [4.69, 9.17) is 9.47 Å². The van der Waals surface area contributed by atoms with Crippen molar-refractivity contribution in [2.24, 2.45) is 0 Å². The van der Waals surface area contributed by atoms with Crippen molar-refractivity contribution in [2.75, 3.05) is 32.8 Å². The maximum Gasteiger partial charge on any atom is 0.133 e. The van der Waals surface area contributed by atoms with E-state index in [9.17, 15) is 5.11 Å². The summed E-state index contributed by atoms with van der Waals surface area (Å²) in [5.74, 6) is 1.54. The lowest BCUT2D eigenvalue weighted by Crippen LogP contribution is -2.39. The van der Waals surface area contributed by atoms with E-state index in [-0.39, 0.29) is 0 Å². The Kier molecular flexibility index (Phi) is 4.90. The molecule has 0 spiro atoms. The standard InChI is InChI=1S/C20H20BrNO3/c21-15-6-7-17-16(12-15)20(23)19(14-4-2-1-3-5-14)18(25-17)13-22-8-10-24-11-9-22/h1-7,12,20,23H,8-11,13H2. The lowest BCUT2D eigenvalue weighted by atomic mass is 9.91. The Morgan fingerprint density at radius 1 is 1.08 bits per heavy atom. The Morgan fingerprint density at radius 2 is 1.84 bits per heavy atom. The number of aliphatic hydroxyl groups excluding tert-OH is 1. The maximum atomic E-state index is 11.1. The minimum atomic E-state index is -0.709. The van der Waals surface area contributed by atoms with Crippen molar-refractivity contribution in [1.29, 1.82) is 0 Å². The topological polar surface area (TPSA) is 41.9 Å². The van der Waals surface area contributed by atoms with Gasteiger partial charge < -0.3 is 14.6 Å². The van der Waals surface area contributed by atoms with Crippen molar-refractivity contribution in [2.45, 2.75) is 6.10 Å². The van der Waals surface area contributed by atoms with Crippen LogP contribution in [0.5, 0.6) is 5.75 Å². The molecule has 5 heteroatoms. The Morgan fingerprint density at radius 3 is 2.60 bits per heavy atom. The third kappa shape index (κ3) is 3.51. The fourth-order valence-electron chi connectivity index (χ4n) is 3.34. The van der Waals surface area contributed by atoms with Crippen molar-refractivity contribution >= 4 is 21.5 Å². The molecule has 0 aliphatic carbocycles. The Balaban J connectivity index is 1.75. The molecule has 0 amide bonds. The van der Waals surface area contributed by atoms with Gasteiger partial charge in [0.1, 0.15) is 17.6 Å². The minimum absolute atomic E-state index is 0.667. The molecule has 1 unspecified atom stereocenters. The first-order valence-corrected chi connectivity index (χ1v) is 9.25. The number of hydrogen-bond acceptors (Lipinski definition) is 4. The first-order chi connectivity index (χ1) is 12.2. The van der Waals surface area contributed by atoms with E-state index in [0.717, 1.165) is 59.0 Å². The van der Waals surface area contributed by atoms with Gasteiger partial charge in [-0.05, 0) is 23.8 Å². The van der Waals surface area contributed by atoms with E-state index in [2.05, 4.69) is 20.8 Å². The highest BCUT2D eigenvalue weighted by Crippen LogP contribution is 2.43. The molecule has 0 saturated carbocycles. The largest absolute Gasteiger partial charge is 0.460 e. The fourth-order valence-corrected chi connectivity index (χ4v) is 3.72. The van der Waals surface area contributed by atoms with Crippen molar-refractivity contribution in [3.63, 3.8) is 0 Å². The molecule has 0 aromatic heterocycles. The van der Waals surface area contributed by atoms with Gasteiger partial charge in [-0.1, -0.05) is 46.3 Å². The first kappa shape index (κ1) is 16.8. The molecule has 1 fully saturated rings. The van der Waals surface area contributed by atoms with Crippen LogP contribution in [0.4, 0.5) is 0 Å². The second-order valence-electron chi connectivity index (χ2n) is 6.28. The first-order valence-electron chi connectivity index (χ1n) is 8.46. The lowest BCUT2D eigenvalue weighted by molar-refractivity contribution is 0.0381. The van der Waals surface area contributed by atoms with Gasteiger partial charge in [-0.3, -0.25) is 4.90 Å². The van der Waals surface area contributed by atoms with Gasteiger partial charge in [0.05, 0.1) is 19.8 Å². The number of benzene rings is 2. The third-order valence-corrected chi connectivity index (χ3v) is 5.12. The molecule has 1 N–H and O–H groups in total. The molecule has 2 aromatic rings. The average Bonchev–Trinajstić information content (AvgIpc) is 2.64. The lowest BCUT2D eigenvalue weighted by Gasteiger charge is -2.32. The zero-order valence-electron chi connectivity index (χ0n) is 13.8. The summed E-state index contributed by atoms with van der Waals surface area (Å²) >= 11 is 3.48. The summed E-state index contributed by atoms with van der Waals surface area (Å²) in [6.45, 7) is 3.89. The molecule has 2 aliphatic heterocycles. The van der Waals surface area contributed by atoms with Crippen LogP contribution in [-0.4, -0.2) is 42.9 Å². The summed E-state index contributed by atoms with van der Waals surface area (Å²) in [7, 11) is 0. The van der Waals surface area contributed by atoms with Gasteiger partial charge in [0.25, 0.3) is 0 Å². The molecule has 25 heavy (non-hydrogen) atoms. The monoisotopic (exact) mass is 401 g/mol. The second-order valence-corrected chi connectivity index (χ2v) is 7.19. The minimum Gasteiger partial charge on any atom is -0.460 e. The third-order valence-electron chi connectivity index (χ3n) is 4.63. The van der Waals surface area contributed by atoms with Crippen LogP contribution in [0.2, 0.25) is 0 Å². The van der Waals surface area contributed by atoms with Gasteiger partial charge >= 0.3 is 0 Å². The van der Waals surface area contributed by atoms with Crippen LogP contribution < -0.4 is 4.74 Å². The predicted molar refractivity (Wildman–Crippen MR) is 100 cm³/mol. The molecule has 0 radical (unpaired) electrons. The van der Waals surface area contributed by atoms with Crippen molar-refractivity contribution in [3.8, 4) is 5.75 Å². The number of morpholine rings is 1. The summed E-state index contributed by atoms with van der Waals surface area (Å²) in [6, 6.07) is 15.7. The molecule has 2 aliphatic rings. The van der Waals surface area contributed by atoms with E-state index in [1.807, 2.05) is 48.5 Å². The van der Waals surface area contributed by atoms with E-state index in [1.165, 1.54) is 0 Å². The maximum absolute atomic E-state index is 11.1. The highest BCUT2D eigenvalue weighted by Gasteiger charge is 2.30. The molecule has 1 atom stereocenters. The van der Waals surface area contributed by atoms with Crippen molar-refractivity contribution in [1.82, 2.24) is 4.90 Å². The van der Waals surface area contributed by atoms with E-state index < -0.39 is 6.10 Å². The van der Waals surface area contributed by atoms with Gasteiger partial charge in [-0.15, -0.1) is 0 Å². The number of rotatable bonds is 3. The summed E-state index contributed by atoms with van der Waals surface area (Å²) in [5, 5.41) is 11.1. The molecule has 0 bridgehead atoms. The van der Waals surface area contributed by atoms with Crippen molar-refractivity contribution in [3.05, 3.63) is 69.9 Å². The quantitative estimate of drug-likeness (QED) is 0.852. The average molecular weight is 402 g/mol. The Labute approximate surface area is 155 Å². The molecule has 2 heterocycles. The zero-order valence-corrected chi connectivity index (χ0v) is 15.4. The number of aliphatic hydroxyl groups is 1. The van der Waals surface area contributed by atoms with Crippen LogP contribution in [-0.2, 0) is 4.74 Å². The summed E-state index contributed by atoms with van der Waals surface area (Å²) in [5.41, 5.74) is 2.63. The molecule has 130 valence electrons. The van der Waals surface area contributed by atoms with Gasteiger partial charge in [-0.2, -0.15) is 0 Å². The second kappa shape index (κ2) is 7.30. The molecule has 2 aromatic carbocycles. The molecule has 4 rings (SSSR count). The smallest absolute Gasteiger partial charge is 0.133 e. The molecular formula is C20H20BrNO3. The highest BCUT2D eigenvalue weighted by molar-refractivity contribution is 9.10. The van der Waals surface area contributed by atoms with E-state index in [0.29, 0.717) is 6.54 Å². The number of hydrogen-bond donors (Lipinski definition) is 1. The fraction of sp³-hybridized carbons (Fsp3) is 0.300. The Bertz CT molecular complexity index is 785. The van der Waals surface area contributed by atoms with Crippen LogP contribution in [0.25, 0.3) is 5.57 Å². The molecule has 1 saturated heterocycles. The van der Waals surface area contributed by atoms with Gasteiger partial charge in [0, 0.05) is 28.7 Å². The van der Waals surface area contributed by atoms with E-state index >= 15 is 0 Å². The van der Waals surface area contributed by atoms with Gasteiger partial charge in [0.2, 0.25) is 0 Å². The highest BCUT2D eigenvalue weighted by atomic mass is 79.9. The van der Waals surface area contributed by atoms with Gasteiger partial charge in [0.15, 0.2) is 0 Å². The zero-order chi connectivity index (χ0) is 17.2. The normalized spacial score (nSPS) is 21.0. The summed E-state index contributed by atoms with van der Waals surface area (Å²) < 4.78 is 12.6. The number of halogens is 1. The van der Waals surface area contributed by atoms with Crippen LogP contribution in [0, 0.1) is 0 Å². The van der Waals surface area contributed by atoms with Crippen LogP contribution in [0.15, 0.2) is 58.8 Å². The van der Waals surface area contributed by atoms with E-state index in [1.54, 1.807) is 0 Å². The Hall–Kier alpha value is -1.66. The molecule has 4 nitrogen and oxygen atoms in total.